The van der Waals surface area contributed by atoms with Gasteiger partial charge in [0.2, 0.25) is 0 Å². The van der Waals surface area contributed by atoms with E-state index in [4.69, 9.17) is 5.11 Å². The second kappa shape index (κ2) is 11.4. The molecule has 0 aromatic carbocycles. The van der Waals surface area contributed by atoms with Crippen molar-refractivity contribution in [2.24, 2.45) is 5.92 Å². The lowest BCUT2D eigenvalue weighted by molar-refractivity contribution is 0.207. The van der Waals surface area contributed by atoms with Crippen LogP contribution in [0, 0.1) is 5.92 Å². The van der Waals surface area contributed by atoms with Crippen LogP contribution in [0.2, 0.25) is 0 Å². The number of unbranched alkanes of at least 4 members (excludes halogenated alkanes) is 6. The molecule has 2 unspecified atom stereocenters. The molecule has 0 aliphatic heterocycles. The number of rotatable bonds is 11. The van der Waals surface area contributed by atoms with Gasteiger partial charge in [-0.15, -0.1) is 0 Å². The first kappa shape index (κ1) is 15.9. The monoisotopic (exact) mass is 229 g/mol. The number of aliphatic hydroxyl groups excluding tert-OH is 1. The molecular formula is C14H31NO. The van der Waals surface area contributed by atoms with Gasteiger partial charge >= 0.3 is 0 Å². The van der Waals surface area contributed by atoms with Crippen molar-refractivity contribution >= 4 is 0 Å². The maximum absolute atomic E-state index is 8.99. The molecule has 2 atom stereocenters. The van der Waals surface area contributed by atoms with Crippen LogP contribution in [0.1, 0.15) is 65.7 Å². The van der Waals surface area contributed by atoms with Crippen LogP contribution < -0.4 is 5.32 Å². The van der Waals surface area contributed by atoms with Gasteiger partial charge in [0.1, 0.15) is 0 Å². The quantitative estimate of drug-likeness (QED) is 0.533. The Labute approximate surface area is 102 Å². The van der Waals surface area contributed by atoms with E-state index in [2.05, 4.69) is 26.1 Å². The van der Waals surface area contributed by atoms with E-state index in [9.17, 15) is 0 Å². The maximum atomic E-state index is 8.99. The molecule has 0 fully saturated rings. The number of nitrogens with one attached hydrogen (secondary N) is 1. The Morgan fingerprint density at radius 1 is 0.938 bits per heavy atom. The summed E-state index contributed by atoms with van der Waals surface area (Å²) >= 11 is 0. The minimum atomic E-state index is 0.283. The molecule has 0 heterocycles. The van der Waals surface area contributed by atoms with Crippen LogP contribution in [0.4, 0.5) is 0 Å². The number of hydrogen-bond acceptors (Lipinski definition) is 2. The fourth-order valence-corrected chi connectivity index (χ4v) is 1.77. The summed E-state index contributed by atoms with van der Waals surface area (Å²) in [5, 5.41) is 12.5. The average Bonchev–Trinajstić information content (AvgIpc) is 2.31. The number of hydrogen-bond donors (Lipinski definition) is 2. The third-order valence-electron chi connectivity index (χ3n) is 3.39. The fourth-order valence-electron chi connectivity index (χ4n) is 1.77. The molecule has 0 spiro atoms. The van der Waals surface area contributed by atoms with Crippen LogP contribution >= 0.6 is 0 Å². The Hall–Kier alpha value is -0.0800. The molecule has 0 aliphatic rings. The van der Waals surface area contributed by atoms with E-state index >= 15 is 0 Å². The molecule has 0 aromatic rings. The van der Waals surface area contributed by atoms with Crippen molar-refractivity contribution in [1.82, 2.24) is 5.32 Å². The standard InChI is InChI=1S/C14H31NO/c1-4-5-6-7-8-9-10-11-15-14(3)13(2)12-16/h13-16H,4-12H2,1-3H3. The lowest BCUT2D eigenvalue weighted by atomic mass is 10.0. The summed E-state index contributed by atoms with van der Waals surface area (Å²) < 4.78 is 0. The third kappa shape index (κ3) is 9.17. The van der Waals surface area contributed by atoms with Crippen molar-refractivity contribution in [3.8, 4) is 0 Å². The van der Waals surface area contributed by atoms with Crippen LogP contribution in [0.25, 0.3) is 0 Å². The highest BCUT2D eigenvalue weighted by atomic mass is 16.3. The van der Waals surface area contributed by atoms with Gasteiger partial charge in [0.15, 0.2) is 0 Å². The topological polar surface area (TPSA) is 32.3 Å². The molecule has 2 heteroatoms. The fraction of sp³-hybridized carbons (Fsp3) is 1.00. The third-order valence-corrected chi connectivity index (χ3v) is 3.39. The molecule has 0 aliphatic carbocycles. The lowest BCUT2D eigenvalue weighted by Gasteiger charge is -2.19. The zero-order chi connectivity index (χ0) is 12.2. The zero-order valence-corrected chi connectivity index (χ0v) is 11.5. The minimum Gasteiger partial charge on any atom is -0.396 e. The summed E-state index contributed by atoms with van der Waals surface area (Å²) in [4.78, 5) is 0. The SMILES string of the molecule is CCCCCCCCCNC(C)C(C)CO. The second-order valence-corrected chi connectivity index (χ2v) is 5.02. The molecule has 98 valence electrons. The molecule has 0 radical (unpaired) electrons. The van der Waals surface area contributed by atoms with Crippen molar-refractivity contribution in [2.45, 2.75) is 71.8 Å². The molecular weight excluding hydrogens is 198 g/mol. The summed E-state index contributed by atoms with van der Waals surface area (Å²) in [6, 6.07) is 0.435. The first-order chi connectivity index (χ1) is 7.72. The maximum Gasteiger partial charge on any atom is 0.0471 e. The molecule has 2 N–H and O–H groups in total. The Kier molecular flexibility index (Phi) is 11.3. The zero-order valence-electron chi connectivity index (χ0n) is 11.5. The van der Waals surface area contributed by atoms with Crippen molar-refractivity contribution in [2.75, 3.05) is 13.2 Å². The van der Waals surface area contributed by atoms with Gasteiger partial charge in [0, 0.05) is 12.6 Å². The Balaban J connectivity index is 3.14. The van der Waals surface area contributed by atoms with Crippen molar-refractivity contribution in [1.29, 1.82) is 0 Å². The van der Waals surface area contributed by atoms with E-state index in [1.54, 1.807) is 0 Å². The molecule has 0 amide bonds. The Bertz CT molecular complexity index is 139. The van der Waals surface area contributed by atoms with Gasteiger partial charge in [-0.25, -0.2) is 0 Å². The van der Waals surface area contributed by atoms with Gasteiger partial charge in [-0.1, -0.05) is 52.4 Å². The van der Waals surface area contributed by atoms with Gasteiger partial charge < -0.3 is 10.4 Å². The van der Waals surface area contributed by atoms with Crippen LogP contribution in [0.15, 0.2) is 0 Å². The average molecular weight is 229 g/mol. The number of aliphatic hydroxyl groups is 1. The van der Waals surface area contributed by atoms with Gasteiger partial charge in [-0.05, 0) is 25.8 Å². The molecule has 2 nitrogen and oxygen atoms in total. The Morgan fingerprint density at radius 3 is 2.06 bits per heavy atom. The first-order valence-electron chi connectivity index (χ1n) is 7.06. The highest BCUT2D eigenvalue weighted by molar-refractivity contribution is 4.67. The normalized spacial score (nSPS) is 15.0. The second-order valence-electron chi connectivity index (χ2n) is 5.02. The van der Waals surface area contributed by atoms with E-state index < -0.39 is 0 Å². The summed E-state index contributed by atoms with van der Waals surface area (Å²) in [6.07, 6.45) is 9.52. The van der Waals surface area contributed by atoms with E-state index in [1.165, 1.54) is 44.9 Å². The van der Waals surface area contributed by atoms with Crippen LogP contribution in [-0.4, -0.2) is 24.3 Å². The predicted octanol–water partition coefficient (Wildman–Crippen LogP) is 3.34. The van der Waals surface area contributed by atoms with Crippen molar-refractivity contribution in [3.05, 3.63) is 0 Å². The van der Waals surface area contributed by atoms with E-state index in [0.717, 1.165) is 6.54 Å². The van der Waals surface area contributed by atoms with Crippen molar-refractivity contribution < 1.29 is 5.11 Å². The van der Waals surface area contributed by atoms with Crippen LogP contribution in [0.5, 0.6) is 0 Å². The summed E-state index contributed by atoms with van der Waals surface area (Å²) in [5.74, 6) is 0.365. The molecule has 16 heavy (non-hydrogen) atoms. The highest BCUT2D eigenvalue weighted by Gasteiger charge is 2.08. The smallest absolute Gasteiger partial charge is 0.0471 e. The summed E-state index contributed by atoms with van der Waals surface area (Å²) in [5.41, 5.74) is 0. The van der Waals surface area contributed by atoms with Crippen LogP contribution in [-0.2, 0) is 0 Å². The summed E-state index contributed by atoms with van der Waals surface area (Å²) in [6.45, 7) is 7.88. The van der Waals surface area contributed by atoms with Gasteiger partial charge in [0.25, 0.3) is 0 Å². The lowest BCUT2D eigenvalue weighted by Crippen LogP contribution is -2.34. The largest absolute Gasteiger partial charge is 0.396 e. The molecule has 0 aromatic heterocycles. The summed E-state index contributed by atoms with van der Waals surface area (Å²) in [7, 11) is 0. The molecule has 0 bridgehead atoms. The minimum absolute atomic E-state index is 0.283. The van der Waals surface area contributed by atoms with E-state index in [0.29, 0.717) is 12.0 Å². The van der Waals surface area contributed by atoms with E-state index in [-0.39, 0.29) is 6.61 Å². The van der Waals surface area contributed by atoms with Gasteiger partial charge in [0.05, 0.1) is 0 Å². The van der Waals surface area contributed by atoms with Gasteiger partial charge in [-0.2, -0.15) is 0 Å². The van der Waals surface area contributed by atoms with Crippen molar-refractivity contribution in [3.63, 3.8) is 0 Å². The first-order valence-corrected chi connectivity index (χ1v) is 7.06. The highest BCUT2D eigenvalue weighted by Crippen LogP contribution is 2.07. The molecule has 0 saturated heterocycles. The van der Waals surface area contributed by atoms with Gasteiger partial charge in [-0.3, -0.25) is 0 Å². The molecule has 0 saturated carbocycles. The Morgan fingerprint density at radius 2 is 1.50 bits per heavy atom. The predicted molar refractivity (Wildman–Crippen MR) is 71.7 cm³/mol. The van der Waals surface area contributed by atoms with E-state index in [1.807, 2.05) is 0 Å². The van der Waals surface area contributed by atoms with Crippen LogP contribution in [0.3, 0.4) is 0 Å². The molecule has 0 rings (SSSR count).